The number of aryl methyl sites for hydroxylation is 1. The second-order valence-corrected chi connectivity index (χ2v) is 5.00. The molecule has 1 heterocycles. The molecule has 0 aliphatic carbocycles. The molecule has 0 saturated heterocycles. The van der Waals surface area contributed by atoms with E-state index in [1.807, 2.05) is 6.92 Å². The van der Waals surface area contributed by atoms with Crippen molar-refractivity contribution in [2.45, 2.75) is 18.6 Å². The summed E-state index contributed by atoms with van der Waals surface area (Å²) in [4.78, 5) is 12.2. The van der Waals surface area contributed by atoms with Crippen LogP contribution < -0.4 is 9.47 Å². The predicted octanol–water partition coefficient (Wildman–Crippen LogP) is 1.69. The van der Waals surface area contributed by atoms with Gasteiger partial charge in [0.15, 0.2) is 17.3 Å². The molecule has 0 bridgehead atoms. The van der Waals surface area contributed by atoms with Crippen LogP contribution in [0.1, 0.15) is 17.3 Å². The molecule has 112 valence electrons. The molecule has 0 unspecified atom stereocenters. The molecular weight excluding hydrogens is 292 g/mol. The molecule has 2 aromatic rings. The van der Waals surface area contributed by atoms with Crippen molar-refractivity contribution in [1.82, 2.24) is 20.2 Å². The largest absolute Gasteiger partial charge is 0.493 e. The average molecular weight is 308 g/mol. The highest BCUT2D eigenvalue weighted by molar-refractivity contribution is 7.99. The highest BCUT2D eigenvalue weighted by Gasteiger charge is 2.13. The highest BCUT2D eigenvalue weighted by atomic mass is 32.2. The van der Waals surface area contributed by atoms with Crippen molar-refractivity contribution in [3.8, 4) is 11.5 Å². The Morgan fingerprint density at radius 1 is 1.29 bits per heavy atom. The quantitative estimate of drug-likeness (QED) is 0.569. The molecule has 0 radical (unpaired) electrons. The number of hydrogen-bond acceptors (Lipinski definition) is 7. The van der Waals surface area contributed by atoms with Gasteiger partial charge in [-0.2, -0.15) is 0 Å². The monoisotopic (exact) mass is 308 g/mol. The van der Waals surface area contributed by atoms with E-state index in [9.17, 15) is 4.79 Å². The Labute approximate surface area is 126 Å². The third kappa shape index (κ3) is 3.52. The third-order valence-corrected chi connectivity index (χ3v) is 3.79. The van der Waals surface area contributed by atoms with Crippen LogP contribution in [-0.2, 0) is 6.54 Å². The van der Waals surface area contributed by atoms with Crippen molar-refractivity contribution in [3.05, 3.63) is 23.8 Å². The Morgan fingerprint density at radius 2 is 2.05 bits per heavy atom. The maximum atomic E-state index is 12.2. The number of ketones is 1. The van der Waals surface area contributed by atoms with Crippen molar-refractivity contribution in [2.24, 2.45) is 0 Å². The molecule has 1 aromatic heterocycles. The summed E-state index contributed by atoms with van der Waals surface area (Å²) in [6.07, 6.45) is 0. The summed E-state index contributed by atoms with van der Waals surface area (Å²) in [5.41, 5.74) is 0.565. The van der Waals surface area contributed by atoms with Crippen molar-refractivity contribution in [2.75, 3.05) is 20.0 Å². The molecule has 0 aliphatic heterocycles. The van der Waals surface area contributed by atoms with Crippen molar-refractivity contribution in [3.63, 3.8) is 0 Å². The van der Waals surface area contributed by atoms with Crippen LogP contribution in [0.5, 0.6) is 11.5 Å². The van der Waals surface area contributed by atoms with E-state index in [0.717, 1.165) is 0 Å². The first-order valence-corrected chi connectivity index (χ1v) is 7.32. The first-order chi connectivity index (χ1) is 10.2. The number of nitrogens with zero attached hydrogens (tertiary/aromatic N) is 4. The van der Waals surface area contributed by atoms with E-state index in [1.54, 1.807) is 30.0 Å². The zero-order chi connectivity index (χ0) is 15.2. The van der Waals surface area contributed by atoms with E-state index in [4.69, 9.17) is 9.47 Å². The standard InChI is InChI=1S/C13H16N4O3S/c1-4-17-13(14-15-16-17)21-8-10(18)9-5-6-11(19-2)12(7-9)20-3/h5-7H,4,8H2,1-3H3. The van der Waals surface area contributed by atoms with E-state index in [0.29, 0.717) is 28.8 Å². The summed E-state index contributed by atoms with van der Waals surface area (Å²) in [7, 11) is 3.09. The second kappa shape index (κ2) is 7.07. The predicted molar refractivity (Wildman–Crippen MR) is 78.1 cm³/mol. The summed E-state index contributed by atoms with van der Waals surface area (Å²) in [5.74, 6) is 1.37. The normalized spacial score (nSPS) is 10.4. The minimum atomic E-state index is -0.0217. The van der Waals surface area contributed by atoms with Gasteiger partial charge in [-0.3, -0.25) is 4.79 Å². The number of carbonyl (C=O) groups excluding carboxylic acids is 1. The van der Waals surface area contributed by atoms with E-state index < -0.39 is 0 Å². The van der Waals surface area contributed by atoms with Gasteiger partial charge in [-0.15, -0.1) is 5.10 Å². The van der Waals surface area contributed by atoms with Gasteiger partial charge in [0, 0.05) is 12.1 Å². The molecule has 0 atom stereocenters. The zero-order valence-electron chi connectivity index (χ0n) is 12.1. The van der Waals surface area contributed by atoms with Gasteiger partial charge < -0.3 is 9.47 Å². The van der Waals surface area contributed by atoms with E-state index >= 15 is 0 Å². The number of carbonyl (C=O) groups is 1. The summed E-state index contributed by atoms with van der Waals surface area (Å²) >= 11 is 1.31. The van der Waals surface area contributed by atoms with Crippen molar-refractivity contribution >= 4 is 17.5 Å². The molecule has 0 fully saturated rings. The van der Waals surface area contributed by atoms with E-state index in [2.05, 4.69) is 15.5 Å². The molecule has 21 heavy (non-hydrogen) atoms. The van der Waals surface area contributed by atoms with Crippen LogP contribution in [0.15, 0.2) is 23.4 Å². The second-order valence-electron chi connectivity index (χ2n) is 4.06. The fourth-order valence-corrected chi connectivity index (χ4v) is 2.56. The minimum absolute atomic E-state index is 0.0217. The lowest BCUT2D eigenvalue weighted by Gasteiger charge is -2.08. The number of hydrogen-bond donors (Lipinski definition) is 0. The topological polar surface area (TPSA) is 79.1 Å². The Morgan fingerprint density at radius 3 is 2.71 bits per heavy atom. The number of Topliss-reactive ketones (excluding diaryl/α,β-unsaturated/α-hetero) is 1. The number of aromatic nitrogens is 4. The van der Waals surface area contributed by atoms with Gasteiger partial charge >= 0.3 is 0 Å². The molecule has 2 rings (SSSR count). The van der Waals surface area contributed by atoms with Gasteiger partial charge in [0.2, 0.25) is 5.16 Å². The Balaban J connectivity index is 2.07. The smallest absolute Gasteiger partial charge is 0.209 e. The van der Waals surface area contributed by atoms with Gasteiger partial charge in [0.25, 0.3) is 0 Å². The van der Waals surface area contributed by atoms with Gasteiger partial charge in [0.1, 0.15) is 0 Å². The Hall–Kier alpha value is -2.09. The third-order valence-electron chi connectivity index (χ3n) is 2.84. The lowest BCUT2D eigenvalue weighted by Crippen LogP contribution is -2.05. The molecule has 1 aromatic carbocycles. The van der Waals surface area contributed by atoms with Crippen LogP contribution in [0.25, 0.3) is 0 Å². The van der Waals surface area contributed by atoms with Crippen LogP contribution in [0.4, 0.5) is 0 Å². The maximum Gasteiger partial charge on any atom is 0.209 e. The average Bonchev–Trinajstić information content (AvgIpc) is 2.99. The molecule has 0 spiro atoms. The lowest BCUT2D eigenvalue weighted by atomic mass is 10.1. The van der Waals surface area contributed by atoms with Gasteiger partial charge in [0.05, 0.1) is 20.0 Å². The Bertz CT molecular complexity index is 630. The SMILES string of the molecule is CCn1nnnc1SCC(=O)c1ccc(OC)c(OC)c1. The number of methoxy groups -OCH3 is 2. The lowest BCUT2D eigenvalue weighted by molar-refractivity contribution is 0.102. The van der Waals surface area contributed by atoms with Crippen LogP contribution in [-0.4, -0.2) is 46.0 Å². The number of benzene rings is 1. The molecule has 0 saturated carbocycles. The van der Waals surface area contributed by atoms with E-state index in [1.165, 1.54) is 18.9 Å². The first kappa shape index (κ1) is 15.3. The van der Waals surface area contributed by atoms with Crippen LogP contribution in [0, 0.1) is 0 Å². The summed E-state index contributed by atoms with van der Waals surface area (Å²) in [6, 6.07) is 5.10. The van der Waals surface area contributed by atoms with Gasteiger partial charge in [-0.25, -0.2) is 4.68 Å². The fourth-order valence-electron chi connectivity index (χ4n) is 1.72. The van der Waals surface area contributed by atoms with Gasteiger partial charge in [-0.05, 0) is 35.5 Å². The van der Waals surface area contributed by atoms with Crippen LogP contribution >= 0.6 is 11.8 Å². The Kier molecular flexibility index (Phi) is 5.15. The van der Waals surface area contributed by atoms with E-state index in [-0.39, 0.29) is 11.5 Å². The first-order valence-electron chi connectivity index (χ1n) is 6.33. The molecule has 7 nitrogen and oxygen atoms in total. The maximum absolute atomic E-state index is 12.2. The number of rotatable bonds is 7. The molecular formula is C13H16N4O3S. The summed E-state index contributed by atoms with van der Waals surface area (Å²) in [6.45, 7) is 2.61. The molecule has 0 N–H and O–H groups in total. The fraction of sp³-hybridized carbons (Fsp3) is 0.385. The van der Waals surface area contributed by atoms with Crippen molar-refractivity contribution < 1.29 is 14.3 Å². The minimum Gasteiger partial charge on any atom is -0.493 e. The van der Waals surface area contributed by atoms with Crippen molar-refractivity contribution in [1.29, 1.82) is 0 Å². The number of thioether (sulfide) groups is 1. The van der Waals surface area contributed by atoms with Crippen LogP contribution in [0.2, 0.25) is 0 Å². The highest BCUT2D eigenvalue weighted by Crippen LogP contribution is 2.28. The molecule has 0 amide bonds. The summed E-state index contributed by atoms with van der Waals surface area (Å²) in [5, 5.41) is 11.9. The number of ether oxygens (including phenoxy) is 2. The zero-order valence-corrected chi connectivity index (χ0v) is 12.9. The number of tetrazole rings is 1. The molecule has 8 heteroatoms. The van der Waals surface area contributed by atoms with Crippen LogP contribution in [0.3, 0.4) is 0 Å². The summed E-state index contributed by atoms with van der Waals surface area (Å²) < 4.78 is 12.0. The van der Waals surface area contributed by atoms with Gasteiger partial charge in [-0.1, -0.05) is 11.8 Å². The molecule has 0 aliphatic rings.